The quantitative estimate of drug-likeness (QED) is 0.902. The van der Waals surface area contributed by atoms with Crippen LogP contribution in [0.1, 0.15) is 26.8 Å². The van der Waals surface area contributed by atoms with Gasteiger partial charge in [0, 0.05) is 11.4 Å². The normalized spacial score (nSPS) is 17.6. The van der Waals surface area contributed by atoms with Gasteiger partial charge >= 0.3 is 5.97 Å². The number of amides is 1. The number of nitrogens with zero attached hydrogens (tertiary/aromatic N) is 3. The van der Waals surface area contributed by atoms with Gasteiger partial charge in [-0.2, -0.15) is 10.2 Å². The lowest BCUT2D eigenvalue weighted by molar-refractivity contribution is -0.142. The number of fused-ring (bicyclic) bond motifs is 1. The first-order valence-electron chi connectivity index (χ1n) is 6.05. The third-order valence-corrected chi connectivity index (χ3v) is 4.29. The third-order valence-electron chi connectivity index (χ3n) is 3.29. The molecule has 2 aromatic heterocycles. The lowest BCUT2D eigenvalue weighted by Gasteiger charge is -2.33. The summed E-state index contributed by atoms with van der Waals surface area (Å²) >= 11 is 1.53. The molecular formula is C13H11N3O3S. The van der Waals surface area contributed by atoms with Crippen LogP contribution in [0.5, 0.6) is 0 Å². The van der Waals surface area contributed by atoms with Gasteiger partial charge in [0.15, 0.2) is 6.04 Å². The maximum absolute atomic E-state index is 12.4. The van der Waals surface area contributed by atoms with Gasteiger partial charge in [0.2, 0.25) is 0 Å². The van der Waals surface area contributed by atoms with Crippen LogP contribution in [0, 0.1) is 0 Å². The molecule has 0 radical (unpaired) electrons. The van der Waals surface area contributed by atoms with E-state index in [0.29, 0.717) is 24.1 Å². The summed E-state index contributed by atoms with van der Waals surface area (Å²) in [7, 11) is 0. The van der Waals surface area contributed by atoms with Crippen LogP contribution in [-0.2, 0) is 11.2 Å². The summed E-state index contributed by atoms with van der Waals surface area (Å²) in [6.45, 7) is 0.394. The van der Waals surface area contributed by atoms with Crippen LogP contribution in [0.2, 0.25) is 0 Å². The van der Waals surface area contributed by atoms with Crippen molar-refractivity contribution in [1.82, 2.24) is 15.1 Å². The zero-order valence-electron chi connectivity index (χ0n) is 10.4. The van der Waals surface area contributed by atoms with E-state index in [1.807, 2.05) is 5.38 Å². The number of carboxylic acid groups (broad SMARTS) is 1. The van der Waals surface area contributed by atoms with Crippen molar-refractivity contribution in [3.8, 4) is 0 Å². The van der Waals surface area contributed by atoms with Gasteiger partial charge in [-0.05, 0) is 29.5 Å². The predicted octanol–water partition coefficient (Wildman–Crippen LogP) is 1.36. The molecule has 6 nitrogen and oxygen atoms in total. The summed E-state index contributed by atoms with van der Waals surface area (Å²) < 4.78 is 0. The fourth-order valence-electron chi connectivity index (χ4n) is 2.38. The summed E-state index contributed by atoms with van der Waals surface area (Å²) in [4.78, 5) is 26.4. The molecule has 1 amide bonds. The van der Waals surface area contributed by atoms with Crippen LogP contribution in [-0.4, -0.2) is 38.6 Å². The fraction of sp³-hybridized carbons (Fsp3) is 0.231. The number of aromatic nitrogens is 2. The summed E-state index contributed by atoms with van der Waals surface area (Å²) in [6.07, 6.45) is 3.45. The topological polar surface area (TPSA) is 83.4 Å². The molecule has 1 aliphatic rings. The molecule has 7 heteroatoms. The zero-order valence-corrected chi connectivity index (χ0v) is 11.2. The molecule has 20 heavy (non-hydrogen) atoms. The van der Waals surface area contributed by atoms with Crippen LogP contribution in [0.4, 0.5) is 0 Å². The molecule has 1 atom stereocenters. The summed E-state index contributed by atoms with van der Waals surface area (Å²) in [5.74, 6) is -1.34. The Bertz CT molecular complexity index is 656. The zero-order chi connectivity index (χ0) is 14.1. The van der Waals surface area contributed by atoms with E-state index < -0.39 is 12.0 Å². The maximum Gasteiger partial charge on any atom is 0.331 e. The lowest BCUT2D eigenvalue weighted by Crippen LogP contribution is -2.43. The van der Waals surface area contributed by atoms with Crippen molar-refractivity contribution in [2.75, 3.05) is 6.54 Å². The molecule has 0 aromatic carbocycles. The molecule has 0 fully saturated rings. The lowest BCUT2D eigenvalue weighted by atomic mass is 9.99. The van der Waals surface area contributed by atoms with Gasteiger partial charge in [-0.15, -0.1) is 11.3 Å². The number of aliphatic carboxylic acids is 1. The van der Waals surface area contributed by atoms with E-state index in [0.717, 1.165) is 4.88 Å². The molecule has 0 saturated heterocycles. The van der Waals surface area contributed by atoms with Gasteiger partial charge < -0.3 is 10.0 Å². The highest BCUT2D eigenvalue weighted by Gasteiger charge is 2.36. The Morgan fingerprint density at radius 3 is 2.90 bits per heavy atom. The molecule has 3 rings (SSSR count). The average Bonchev–Trinajstić information content (AvgIpc) is 2.94. The summed E-state index contributed by atoms with van der Waals surface area (Å²) in [5.41, 5.74) is 1.06. The minimum absolute atomic E-state index is 0.329. The Morgan fingerprint density at radius 2 is 2.20 bits per heavy atom. The summed E-state index contributed by atoms with van der Waals surface area (Å²) in [6, 6.07) is 2.39. The highest BCUT2D eigenvalue weighted by atomic mass is 32.1. The number of thiophene rings is 1. The summed E-state index contributed by atoms with van der Waals surface area (Å²) in [5, 5.41) is 18.6. The van der Waals surface area contributed by atoms with E-state index >= 15 is 0 Å². The molecule has 0 bridgehead atoms. The van der Waals surface area contributed by atoms with Crippen molar-refractivity contribution < 1.29 is 14.7 Å². The van der Waals surface area contributed by atoms with Crippen LogP contribution in [0.25, 0.3) is 0 Å². The molecule has 3 heterocycles. The van der Waals surface area contributed by atoms with Gasteiger partial charge in [0.25, 0.3) is 5.91 Å². The van der Waals surface area contributed by atoms with Crippen molar-refractivity contribution in [2.24, 2.45) is 0 Å². The number of carboxylic acids is 1. The van der Waals surface area contributed by atoms with Crippen molar-refractivity contribution in [3.63, 3.8) is 0 Å². The molecule has 0 saturated carbocycles. The first-order chi connectivity index (χ1) is 9.68. The number of hydrogen-bond donors (Lipinski definition) is 1. The Labute approximate surface area is 118 Å². The van der Waals surface area contributed by atoms with Crippen molar-refractivity contribution >= 4 is 23.2 Å². The van der Waals surface area contributed by atoms with E-state index in [4.69, 9.17) is 0 Å². The standard InChI is InChI=1S/C13H11N3O3S/c17-12(8-1-4-14-15-7-8)16-5-2-10-9(3-6-20-10)11(16)13(18)19/h1,3-4,6-7,11H,2,5H2,(H,18,19). The Morgan fingerprint density at radius 1 is 1.35 bits per heavy atom. The smallest absolute Gasteiger partial charge is 0.331 e. The van der Waals surface area contributed by atoms with Crippen LogP contribution < -0.4 is 0 Å². The van der Waals surface area contributed by atoms with Gasteiger partial charge in [-0.1, -0.05) is 0 Å². The maximum atomic E-state index is 12.4. The minimum atomic E-state index is -1.01. The Balaban J connectivity index is 1.98. The van der Waals surface area contributed by atoms with Gasteiger partial charge in [0.1, 0.15) is 0 Å². The van der Waals surface area contributed by atoms with Crippen LogP contribution in [0.3, 0.4) is 0 Å². The predicted molar refractivity (Wildman–Crippen MR) is 71.5 cm³/mol. The molecule has 102 valence electrons. The second-order valence-corrected chi connectivity index (χ2v) is 5.42. The van der Waals surface area contributed by atoms with Crippen LogP contribution >= 0.6 is 11.3 Å². The number of hydrogen-bond acceptors (Lipinski definition) is 5. The SMILES string of the molecule is O=C(O)C1c2ccsc2CCN1C(=O)c1ccnnc1. The highest BCUT2D eigenvalue weighted by molar-refractivity contribution is 7.10. The van der Waals surface area contributed by atoms with E-state index in [1.54, 1.807) is 6.07 Å². The van der Waals surface area contributed by atoms with Crippen LogP contribution in [0.15, 0.2) is 29.9 Å². The second-order valence-electron chi connectivity index (χ2n) is 4.42. The van der Waals surface area contributed by atoms with E-state index in [9.17, 15) is 14.7 Å². The van der Waals surface area contributed by atoms with E-state index in [2.05, 4.69) is 10.2 Å². The molecule has 0 aliphatic carbocycles. The molecule has 0 spiro atoms. The number of carbonyl (C=O) groups excluding carboxylic acids is 1. The van der Waals surface area contributed by atoms with Crippen molar-refractivity contribution in [2.45, 2.75) is 12.5 Å². The molecule has 1 N–H and O–H groups in total. The third kappa shape index (κ3) is 2.05. The Hall–Kier alpha value is -2.28. The van der Waals surface area contributed by atoms with Crippen molar-refractivity contribution in [1.29, 1.82) is 0 Å². The first kappa shape index (κ1) is 12.7. The van der Waals surface area contributed by atoms with Gasteiger partial charge in [-0.3, -0.25) is 4.79 Å². The van der Waals surface area contributed by atoms with Gasteiger partial charge in [-0.25, -0.2) is 4.79 Å². The number of carbonyl (C=O) groups is 2. The average molecular weight is 289 g/mol. The highest BCUT2D eigenvalue weighted by Crippen LogP contribution is 2.34. The molecule has 2 aromatic rings. The fourth-order valence-corrected chi connectivity index (χ4v) is 3.29. The molecular weight excluding hydrogens is 278 g/mol. The van der Waals surface area contributed by atoms with E-state index in [-0.39, 0.29) is 5.91 Å². The molecule has 1 aliphatic heterocycles. The van der Waals surface area contributed by atoms with Gasteiger partial charge in [0.05, 0.1) is 18.0 Å². The van der Waals surface area contributed by atoms with Crippen molar-refractivity contribution in [3.05, 3.63) is 45.9 Å². The second kappa shape index (κ2) is 5.01. The largest absolute Gasteiger partial charge is 0.479 e. The van der Waals surface area contributed by atoms with E-state index in [1.165, 1.54) is 34.7 Å². The first-order valence-corrected chi connectivity index (χ1v) is 6.93. The molecule has 1 unspecified atom stereocenters. The monoisotopic (exact) mass is 289 g/mol. The Kier molecular flexibility index (Phi) is 3.19. The minimum Gasteiger partial charge on any atom is -0.479 e. The number of rotatable bonds is 2.